The van der Waals surface area contributed by atoms with Gasteiger partial charge in [-0.25, -0.2) is 4.79 Å². The third kappa shape index (κ3) is 4.16. The highest BCUT2D eigenvalue weighted by molar-refractivity contribution is 6.34. The number of carboxylic acids is 1. The van der Waals surface area contributed by atoms with Crippen LogP contribution in [0.2, 0.25) is 5.02 Å². The first-order valence-corrected chi connectivity index (χ1v) is 6.39. The average Bonchev–Trinajstić information content (AvgIpc) is 2.33. The Bertz CT molecular complexity index is 595. The molecule has 1 aromatic carbocycles. The van der Waals surface area contributed by atoms with E-state index in [0.717, 1.165) is 12.1 Å². The number of halogens is 1. The van der Waals surface area contributed by atoms with Crippen LogP contribution in [0.5, 0.6) is 0 Å². The van der Waals surface area contributed by atoms with Gasteiger partial charge in [0.15, 0.2) is 0 Å². The first-order valence-electron chi connectivity index (χ1n) is 6.01. The monoisotopic (exact) mass is 314 g/mol. The zero-order valence-corrected chi connectivity index (χ0v) is 12.5. The fraction of sp³-hybridized carbons (Fsp3) is 0.385. The number of benzene rings is 1. The molecule has 0 radical (unpaired) electrons. The van der Waals surface area contributed by atoms with Gasteiger partial charge in [0.05, 0.1) is 15.5 Å². The second kappa shape index (κ2) is 6.09. The van der Waals surface area contributed by atoms with Crippen LogP contribution in [0.4, 0.5) is 5.69 Å². The molecule has 0 bridgehead atoms. The molecule has 0 aliphatic rings. The Labute approximate surface area is 126 Å². The minimum atomic E-state index is -1.20. The van der Waals surface area contributed by atoms with Gasteiger partial charge < -0.3 is 10.4 Å². The molecule has 0 aliphatic heterocycles. The van der Waals surface area contributed by atoms with Gasteiger partial charge in [-0.3, -0.25) is 14.9 Å². The quantitative estimate of drug-likeness (QED) is 0.655. The van der Waals surface area contributed by atoms with E-state index < -0.39 is 28.3 Å². The molecule has 0 saturated carbocycles. The Morgan fingerprint density at radius 3 is 2.38 bits per heavy atom. The predicted octanol–water partition coefficient (Wildman–Crippen LogP) is 2.48. The van der Waals surface area contributed by atoms with Crippen molar-refractivity contribution < 1.29 is 19.6 Å². The Hall–Kier alpha value is -2.15. The van der Waals surface area contributed by atoms with Gasteiger partial charge in [-0.2, -0.15) is 0 Å². The molecule has 0 aromatic heterocycles. The van der Waals surface area contributed by atoms with E-state index in [0.29, 0.717) is 0 Å². The number of nitro benzene ring substituents is 1. The highest BCUT2D eigenvalue weighted by Gasteiger charge is 2.33. The van der Waals surface area contributed by atoms with Crippen molar-refractivity contribution in [3.63, 3.8) is 0 Å². The summed E-state index contributed by atoms with van der Waals surface area (Å²) in [4.78, 5) is 33.4. The first kappa shape index (κ1) is 16.9. The van der Waals surface area contributed by atoms with Crippen LogP contribution in [0.15, 0.2) is 18.2 Å². The molecule has 1 amide bonds. The summed E-state index contributed by atoms with van der Waals surface area (Å²) < 4.78 is 0. The van der Waals surface area contributed by atoms with Crippen LogP contribution in [-0.2, 0) is 4.79 Å². The van der Waals surface area contributed by atoms with E-state index >= 15 is 0 Å². The number of hydrogen-bond donors (Lipinski definition) is 2. The summed E-state index contributed by atoms with van der Waals surface area (Å²) in [5.74, 6) is -1.97. The van der Waals surface area contributed by atoms with Gasteiger partial charge in [0.25, 0.3) is 11.6 Å². The van der Waals surface area contributed by atoms with Crippen molar-refractivity contribution in [2.75, 3.05) is 0 Å². The number of nitrogens with zero attached hydrogens (tertiary/aromatic N) is 1. The van der Waals surface area contributed by atoms with Crippen molar-refractivity contribution in [2.24, 2.45) is 5.41 Å². The van der Waals surface area contributed by atoms with E-state index in [9.17, 15) is 19.7 Å². The summed E-state index contributed by atoms with van der Waals surface area (Å²) in [6.45, 7) is 4.96. The summed E-state index contributed by atoms with van der Waals surface area (Å²) in [5, 5.41) is 22.2. The van der Waals surface area contributed by atoms with Crippen LogP contribution in [0, 0.1) is 15.5 Å². The number of aliphatic carboxylic acids is 1. The number of carbonyl (C=O) groups is 2. The second-order valence-corrected chi connectivity index (χ2v) is 5.94. The topological polar surface area (TPSA) is 110 Å². The predicted molar refractivity (Wildman–Crippen MR) is 76.5 cm³/mol. The number of amides is 1. The summed E-state index contributed by atoms with van der Waals surface area (Å²) in [5.41, 5.74) is -1.16. The largest absolute Gasteiger partial charge is 0.480 e. The SMILES string of the molecule is CC(C)(C)C(NC(=O)c1cc([N+](=O)[O-])ccc1Cl)C(=O)O. The standard InChI is InChI=1S/C13H15ClN2O5/c1-13(2,3)10(12(18)19)15-11(17)8-6-7(16(20)21)4-5-9(8)14/h4-6,10H,1-3H3,(H,15,17)(H,18,19). The van der Waals surface area contributed by atoms with E-state index in [2.05, 4.69) is 5.32 Å². The molecule has 7 nitrogen and oxygen atoms in total. The van der Waals surface area contributed by atoms with Crippen LogP contribution in [-0.4, -0.2) is 27.9 Å². The summed E-state index contributed by atoms with van der Waals surface area (Å²) in [7, 11) is 0. The lowest BCUT2D eigenvalue weighted by molar-refractivity contribution is -0.384. The maximum atomic E-state index is 12.1. The van der Waals surface area contributed by atoms with Gasteiger partial charge in [-0.05, 0) is 11.5 Å². The Kier molecular flexibility index (Phi) is 4.90. The van der Waals surface area contributed by atoms with Gasteiger partial charge in [0.1, 0.15) is 6.04 Å². The molecule has 114 valence electrons. The summed E-state index contributed by atoms with van der Waals surface area (Å²) >= 11 is 5.84. The Balaban J connectivity index is 3.11. The molecule has 0 aliphatic carbocycles. The Morgan fingerprint density at radius 2 is 1.95 bits per heavy atom. The minimum absolute atomic E-state index is 0.0103. The number of nitro groups is 1. The fourth-order valence-electron chi connectivity index (χ4n) is 1.66. The fourth-order valence-corrected chi connectivity index (χ4v) is 1.86. The highest BCUT2D eigenvalue weighted by atomic mass is 35.5. The van der Waals surface area contributed by atoms with Crippen LogP contribution in [0.3, 0.4) is 0 Å². The smallest absolute Gasteiger partial charge is 0.326 e. The summed E-state index contributed by atoms with van der Waals surface area (Å²) in [6.07, 6.45) is 0. The first-order chi connectivity index (χ1) is 9.54. The third-order valence-electron chi connectivity index (χ3n) is 2.79. The van der Waals surface area contributed by atoms with Crippen molar-refractivity contribution >= 4 is 29.2 Å². The van der Waals surface area contributed by atoms with E-state index in [4.69, 9.17) is 16.7 Å². The zero-order valence-electron chi connectivity index (χ0n) is 11.7. The number of non-ortho nitro benzene ring substituents is 1. The van der Waals surface area contributed by atoms with Gasteiger partial charge in [0, 0.05) is 12.1 Å². The van der Waals surface area contributed by atoms with E-state index in [1.54, 1.807) is 20.8 Å². The number of nitrogens with one attached hydrogen (secondary N) is 1. The molecular weight excluding hydrogens is 300 g/mol. The van der Waals surface area contributed by atoms with Crippen molar-refractivity contribution in [2.45, 2.75) is 26.8 Å². The molecular formula is C13H15ClN2O5. The van der Waals surface area contributed by atoms with Crippen LogP contribution < -0.4 is 5.32 Å². The average molecular weight is 315 g/mol. The molecule has 1 rings (SSSR count). The van der Waals surface area contributed by atoms with E-state index in [-0.39, 0.29) is 16.3 Å². The molecule has 8 heteroatoms. The highest BCUT2D eigenvalue weighted by Crippen LogP contribution is 2.24. The maximum Gasteiger partial charge on any atom is 0.326 e. The van der Waals surface area contributed by atoms with Crippen molar-refractivity contribution in [1.82, 2.24) is 5.32 Å². The van der Waals surface area contributed by atoms with E-state index in [1.165, 1.54) is 6.07 Å². The third-order valence-corrected chi connectivity index (χ3v) is 3.12. The van der Waals surface area contributed by atoms with E-state index in [1.807, 2.05) is 0 Å². The van der Waals surface area contributed by atoms with Gasteiger partial charge in [0.2, 0.25) is 0 Å². The number of hydrogen-bond acceptors (Lipinski definition) is 4. The number of rotatable bonds is 4. The van der Waals surface area contributed by atoms with Crippen LogP contribution >= 0.6 is 11.6 Å². The molecule has 0 heterocycles. The minimum Gasteiger partial charge on any atom is -0.480 e. The summed E-state index contributed by atoms with van der Waals surface area (Å²) in [6, 6.07) is 2.25. The maximum absolute atomic E-state index is 12.1. The molecule has 21 heavy (non-hydrogen) atoms. The van der Waals surface area contributed by atoms with Crippen molar-refractivity contribution in [3.8, 4) is 0 Å². The second-order valence-electron chi connectivity index (χ2n) is 5.53. The van der Waals surface area contributed by atoms with Crippen LogP contribution in [0.25, 0.3) is 0 Å². The van der Waals surface area contributed by atoms with Crippen molar-refractivity contribution in [3.05, 3.63) is 38.9 Å². The van der Waals surface area contributed by atoms with Crippen LogP contribution in [0.1, 0.15) is 31.1 Å². The Morgan fingerprint density at radius 1 is 1.38 bits per heavy atom. The van der Waals surface area contributed by atoms with Gasteiger partial charge in [-0.15, -0.1) is 0 Å². The lowest BCUT2D eigenvalue weighted by Crippen LogP contribution is -2.49. The molecule has 1 unspecified atom stereocenters. The lowest BCUT2D eigenvalue weighted by atomic mass is 9.86. The molecule has 1 atom stereocenters. The zero-order chi connectivity index (χ0) is 16.4. The number of carbonyl (C=O) groups excluding carboxylic acids is 1. The number of carboxylic acid groups (broad SMARTS) is 1. The molecule has 0 spiro atoms. The van der Waals surface area contributed by atoms with Crippen molar-refractivity contribution in [1.29, 1.82) is 0 Å². The molecule has 2 N–H and O–H groups in total. The van der Waals surface area contributed by atoms with Gasteiger partial charge in [-0.1, -0.05) is 32.4 Å². The normalized spacial score (nSPS) is 12.6. The lowest BCUT2D eigenvalue weighted by Gasteiger charge is -2.27. The molecule has 0 saturated heterocycles. The van der Waals surface area contributed by atoms with Gasteiger partial charge >= 0.3 is 5.97 Å². The molecule has 1 aromatic rings. The molecule has 0 fully saturated rings.